The Labute approximate surface area is 134 Å². The van der Waals surface area contributed by atoms with E-state index in [2.05, 4.69) is 10.0 Å². The lowest BCUT2D eigenvalue weighted by Crippen LogP contribution is -2.34. The topological polar surface area (TPSA) is 58.2 Å². The number of hydrogen-bond donors (Lipinski definition) is 2. The molecular weight excluding hydrogens is 324 g/mol. The summed E-state index contributed by atoms with van der Waals surface area (Å²) < 4.78 is 29.3. The first-order valence-corrected chi connectivity index (χ1v) is 10.3. The van der Waals surface area contributed by atoms with Gasteiger partial charge in [0.1, 0.15) is 4.90 Å². The number of thiophene rings is 1. The van der Waals surface area contributed by atoms with Crippen LogP contribution < -0.4 is 10.0 Å². The van der Waals surface area contributed by atoms with Gasteiger partial charge in [-0.2, -0.15) is 11.8 Å². The third kappa shape index (κ3) is 3.78. The summed E-state index contributed by atoms with van der Waals surface area (Å²) in [4.78, 5) is 1.27. The van der Waals surface area contributed by atoms with Crippen molar-refractivity contribution in [2.75, 3.05) is 19.1 Å². The second-order valence-electron chi connectivity index (χ2n) is 4.86. The molecule has 0 saturated carbocycles. The number of rotatable bonds is 7. The first-order chi connectivity index (χ1) is 9.99. The molecule has 0 aliphatic heterocycles. The molecule has 0 spiro atoms. The highest BCUT2D eigenvalue weighted by molar-refractivity contribution is 7.98. The average molecular weight is 345 g/mol. The van der Waals surface area contributed by atoms with E-state index in [1.165, 1.54) is 11.3 Å². The predicted molar refractivity (Wildman–Crippen MR) is 92.8 cm³/mol. The molecule has 0 amide bonds. The molecule has 7 heteroatoms. The van der Waals surface area contributed by atoms with Crippen LogP contribution in [0.5, 0.6) is 0 Å². The largest absolute Gasteiger partial charge is 0.315 e. The Kier molecular flexibility index (Phi) is 5.67. The minimum atomic E-state index is -3.51. The maximum absolute atomic E-state index is 12.7. The van der Waals surface area contributed by atoms with Crippen LogP contribution in [0.15, 0.2) is 29.2 Å². The van der Waals surface area contributed by atoms with Crippen LogP contribution in [0.1, 0.15) is 11.8 Å². The maximum atomic E-state index is 12.7. The molecule has 1 unspecified atom stereocenters. The number of thioether (sulfide) groups is 1. The van der Waals surface area contributed by atoms with Gasteiger partial charge in [0.15, 0.2) is 0 Å². The molecule has 0 bridgehead atoms. The van der Waals surface area contributed by atoms with Crippen molar-refractivity contribution in [3.63, 3.8) is 0 Å². The summed E-state index contributed by atoms with van der Waals surface area (Å²) in [6.45, 7) is 2.44. The monoisotopic (exact) mass is 344 g/mol. The molecule has 1 aromatic carbocycles. The lowest BCUT2D eigenvalue weighted by atomic mass is 10.2. The van der Waals surface area contributed by atoms with E-state index in [4.69, 9.17) is 0 Å². The molecule has 2 N–H and O–H groups in total. The van der Waals surface area contributed by atoms with Crippen molar-refractivity contribution in [2.45, 2.75) is 24.4 Å². The standard InChI is InChI=1S/C14H20N2O2S3/c1-10(9-19-3)16-21(17,18)14-11-6-4-5-7-12(11)20-13(14)8-15-2/h4-7,10,15-16H,8-9H2,1-3H3. The zero-order chi connectivity index (χ0) is 15.5. The number of hydrogen-bond acceptors (Lipinski definition) is 5. The molecule has 0 aliphatic rings. The van der Waals surface area contributed by atoms with Gasteiger partial charge < -0.3 is 5.32 Å². The summed E-state index contributed by atoms with van der Waals surface area (Å²) in [5.74, 6) is 0.753. The first-order valence-electron chi connectivity index (χ1n) is 6.66. The summed E-state index contributed by atoms with van der Waals surface area (Å²) in [7, 11) is -1.69. The fourth-order valence-corrected chi connectivity index (χ4v) is 6.14. The van der Waals surface area contributed by atoms with Crippen LogP contribution in [0, 0.1) is 0 Å². The number of nitrogens with one attached hydrogen (secondary N) is 2. The zero-order valence-corrected chi connectivity index (χ0v) is 14.8. The summed E-state index contributed by atoms with van der Waals surface area (Å²) in [5, 5.41) is 3.85. The number of sulfonamides is 1. The van der Waals surface area contributed by atoms with Crippen molar-refractivity contribution in [2.24, 2.45) is 0 Å². The van der Waals surface area contributed by atoms with Crippen LogP contribution in [0.3, 0.4) is 0 Å². The van der Waals surface area contributed by atoms with Crippen LogP contribution in [-0.4, -0.2) is 33.5 Å². The molecule has 1 atom stereocenters. The van der Waals surface area contributed by atoms with E-state index >= 15 is 0 Å². The fourth-order valence-electron chi connectivity index (χ4n) is 2.25. The molecule has 116 valence electrons. The highest BCUT2D eigenvalue weighted by Crippen LogP contribution is 2.34. The van der Waals surface area contributed by atoms with Gasteiger partial charge in [0.2, 0.25) is 10.0 Å². The zero-order valence-electron chi connectivity index (χ0n) is 12.3. The maximum Gasteiger partial charge on any atom is 0.242 e. The number of benzene rings is 1. The van der Waals surface area contributed by atoms with Gasteiger partial charge in [-0.25, -0.2) is 13.1 Å². The van der Waals surface area contributed by atoms with Crippen LogP contribution in [-0.2, 0) is 16.6 Å². The molecule has 0 aliphatic carbocycles. The molecule has 1 aromatic heterocycles. The molecular formula is C14H20N2O2S3. The van der Waals surface area contributed by atoms with Crippen LogP contribution in [0.2, 0.25) is 0 Å². The minimum absolute atomic E-state index is 0.0916. The molecule has 4 nitrogen and oxygen atoms in total. The third-order valence-electron chi connectivity index (χ3n) is 3.00. The summed E-state index contributed by atoms with van der Waals surface area (Å²) in [5.41, 5.74) is 0. The van der Waals surface area contributed by atoms with E-state index in [0.717, 1.165) is 20.7 Å². The molecule has 0 fully saturated rings. The van der Waals surface area contributed by atoms with E-state index in [-0.39, 0.29) is 6.04 Å². The molecule has 1 heterocycles. The van der Waals surface area contributed by atoms with Gasteiger partial charge in [-0.05, 0) is 26.3 Å². The van der Waals surface area contributed by atoms with Crippen molar-refractivity contribution in [3.05, 3.63) is 29.1 Å². The van der Waals surface area contributed by atoms with E-state index in [1.54, 1.807) is 11.8 Å². The van der Waals surface area contributed by atoms with Crippen LogP contribution >= 0.6 is 23.1 Å². The number of fused-ring (bicyclic) bond motifs is 1. The minimum Gasteiger partial charge on any atom is -0.315 e. The van der Waals surface area contributed by atoms with Crippen molar-refractivity contribution in [3.8, 4) is 0 Å². The second kappa shape index (κ2) is 7.11. The molecule has 21 heavy (non-hydrogen) atoms. The lowest BCUT2D eigenvalue weighted by molar-refractivity contribution is 0.571. The highest BCUT2D eigenvalue weighted by Gasteiger charge is 2.25. The van der Waals surface area contributed by atoms with Gasteiger partial charge in [-0.3, -0.25) is 0 Å². The Bertz CT molecular complexity index is 710. The molecule has 2 rings (SSSR count). The average Bonchev–Trinajstić information content (AvgIpc) is 2.77. The van der Waals surface area contributed by atoms with E-state index in [0.29, 0.717) is 11.4 Å². The predicted octanol–water partition coefficient (Wildman–Crippen LogP) is 2.65. The SMILES string of the molecule is CNCc1sc2ccccc2c1S(=O)(=O)NC(C)CSC. The van der Waals surface area contributed by atoms with Crippen molar-refractivity contribution >= 4 is 43.2 Å². The van der Waals surface area contributed by atoms with E-state index < -0.39 is 10.0 Å². The molecule has 0 saturated heterocycles. The van der Waals surface area contributed by atoms with Crippen LogP contribution in [0.25, 0.3) is 10.1 Å². The molecule has 2 aromatic rings. The van der Waals surface area contributed by atoms with Crippen LogP contribution in [0.4, 0.5) is 0 Å². The Balaban J connectivity index is 2.50. The Morgan fingerprint density at radius 2 is 2.05 bits per heavy atom. The van der Waals surface area contributed by atoms with E-state index in [1.807, 2.05) is 44.5 Å². The smallest absolute Gasteiger partial charge is 0.242 e. The van der Waals surface area contributed by atoms with Gasteiger partial charge in [0, 0.05) is 33.3 Å². The second-order valence-corrected chi connectivity index (χ2v) is 8.56. The third-order valence-corrected chi connectivity index (χ3v) is 6.85. The first kappa shape index (κ1) is 16.8. The van der Waals surface area contributed by atoms with Crippen molar-refractivity contribution in [1.29, 1.82) is 0 Å². The van der Waals surface area contributed by atoms with Gasteiger partial charge >= 0.3 is 0 Å². The van der Waals surface area contributed by atoms with Gasteiger partial charge in [-0.15, -0.1) is 11.3 Å². The van der Waals surface area contributed by atoms with Gasteiger partial charge in [0.05, 0.1) is 0 Å². The quantitative estimate of drug-likeness (QED) is 0.811. The van der Waals surface area contributed by atoms with Crippen molar-refractivity contribution in [1.82, 2.24) is 10.0 Å². The normalized spacial score (nSPS) is 13.7. The Hall–Kier alpha value is -0.600. The highest BCUT2D eigenvalue weighted by atomic mass is 32.2. The fraction of sp³-hybridized carbons (Fsp3) is 0.429. The lowest BCUT2D eigenvalue weighted by Gasteiger charge is -2.14. The summed E-state index contributed by atoms with van der Waals surface area (Å²) in [6, 6.07) is 7.55. The van der Waals surface area contributed by atoms with Gasteiger partial charge in [-0.1, -0.05) is 18.2 Å². The van der Waals surface area contributed by atoms with Crippen molar-refractivity contribution < 1.29 is 8.42 Å². The summed E-state index contributed by atoms with van der Waals surface area (Å²) in [6.07, 6.45) is 1.97. The van der Waals surface area contributed by atoms with E-state index in [9.17, 15) is 8.42 Å². The van der Waals surface area contributed by atoms with Gasteiger partial charge in [0.25, 0.3) is 0 Å². The molecule has 0 radical (unpaired) electrons. The Morgan fingerprint density at radius 3 is 2.71 bits per heavy atom. The Morgan fingerprint density at radius 1 is 1.33 bits per heavy atom. The summed E-state index contributed by atoms with van der Waals surface area (Å²) >= 11 is 3.16.